The van der Waals surface area contributed by atoms with Gasteiger partial charge in [-0.1, -0.05) is 27.7 Å². The van der Waals surface area contributed by atoms with Crippen LogP contribution in [-0.2, 0) is 0 Å². The summed E-state index contributed by atoms with van der Waals surface area (Å²) in [5, 5.41) is 0. The van der Waals surface area contributed by atoms with Crippen LogP contribution in [0.15, 0.2) is 0 Å². The lowest BCUT2D eigenvalue weighted by Gasteiger charge is -2.62. The molecule has 72 valence electrons. The topological polar surface area (TPSA) is 0 Å². The van der Waals surface area contributed by atoms with E-state index in [1.807, 2.05) is 0 Å². The zero-order chi connectivity index (χ0) is 10.0. The molecule has 0 spiro atoms. The molecule has 0 aromatic carbocycles. The van der Waals surface area contributed by atoms with Crippen molar-refractivity contribution >= 4 is 0 Å². The van der Waals surface area contributed by atoms with Gasteiger partial charge in [0.2, 0.25) is 0 Å². The highest BCUT2D eigenvalue weighted by Crippen LogP contribution is 2.73. The molecule has 0 radical (unpaired) electrons. The van der Waals surface area contributed by atoms with Crippen LogP contribution in [0.25, 0.3) is 0 Å². The fourth-order valence-corrected chi connectivity index (χ4v) is 1.51. The van der Waals surface area contributed by atoms with Gasteiger partial charge in [-0.2, -0.15) is 17.6 Å². The van der Waals surface area contributed by atoms with Crippen LogP contribution in [0.1, 0.15) is 27.7 Å². The summed E-state index contributed by atoms with van der Waals surface area (Å²) in [6, 6.07) is 0. The molecule has 0 unspecified atom stereocenters. The molecule has 1 rings (SSSR count). The predicted molar refractivity (Wildman–Crippen MR) is 37.5 cm³/mol. The largest absolute Gasteiger partial charge is 0.316 e. The van der Waals surface area contributed by atoms with Gasteiger partial charge in [0.25, 0.3) is 0 Å². The van der Waals surface area contributed by atoms with Gasteiger partial charge in [-0.15, -0.1) is 0 Å². The summed E-state index contributed by atoms with van der Waals surface area (Å²) in [6.07, 6.45) is 0. The molecule has 0 bridgehead atoms. The molecule has 0 aromatic heterocycles. The highest BCUT2D eigenvalue weighted by molar-refractivity contribution is 5.20. The van der Waals surface area contributed by atoms with Crippen molar-refractivity contribution in [1.82, 2.24) is 0 Å². The van der Waals surface area contributed by atoms with Crippen molar-refractivity contribution in [2.24, 2.45) is 10.8 Å². The average Bonchev–Trinajstić information content (AvgIpc) is 1.84. The third-order valence-electron chi connectivity index (χ3n) is 3.53. The maximum atomic E-state index is 12.8. The Balaban J connectivity index is 3.16. The van der Waals surface area contributed by atoms with Crippen molar-refractivity contribution in [1.29, 1.82) is 0 Å². The maximum Gasteiger partial charge on any atom is 0.316 e. The Morgan fingerprint density at radius 1 is 0.583 bits per heavy atom. The van der Waals surface area contributed by atoms with Gasteiger partial charge in [0.15, 0.2) is 0 Å². The maximum absolute atomic E-state index is 12.8. The first kappa shape index (κ1) is 9.81. The first-order valence-corrected chi connectivity index (χ1v) is 3.76. The van der Waals surface area contributed by atoms with E-state index in [9.17, 15) is 17.6 Å². The van der Waals surface area contributed by atoms with Gasteiger partial charge in [-0.3, -0.25) is 0 Å². The van der Waals surface area contributed by atoms with Crippen molar-refractivity contribution in [3.8, 4) is 0 Å². The minimum atomic E-state index is -3.89. The second-order valence-electron chi connectivity index (χ2n) is 4.40. The van der Waals surface area contributed by atoms with E-state index >= 15 is 0 Å². The summed E-state index contributed by atoms with van der Waals surface area (Å²) >= 11 is 0. The van der Waals surface area contributed by atoms with Crippen LogP contribution in [0.4, 0.5) is 17.6 Å². The van der Waals surface area contributed by atoms with Gasteiger partial charge in [-0.05, 0) is 0 Å². The zero-order valence-electron chi connectivity index (χ0n) is 7.51. The van der Waals surface area contributed by atoms with E-state index in [4.69, 9.17) is 0 Å². The number of hydrogen-bond acceptors (Lipinski definition) is 0. The van der Waals surface area contributed by atoms with Crippen molar-refractivity contribution in [3.63, 3.8) is 0 Å². The molecule has 1 aliphatic rings. The first-order valence-electron chi connectivity index (χ1n) is 3.76. The van der Waals surface area contributed by atoms with E-state index in [1.54, 1.807) is 0 Å². The summed E-state index contributed by atoms with van der Waals surface area (Å²) in [6.45, 7) is 4.68. The van der Waals surface area contributed by atoms with E-state index in [2.05, 4.69) is 0 Å². The second-order valence-corrected chi connectivity index (χ2v) is 4.40. The lowest BCUT2D eigenvalue weighted by molar-refractivity contribution is -0.423. The molecule has 0 saturated heterocycles. The zero-order valence-corrected chi connectivity index (χ0v) is 7.51. The first-order chi connectivity index (χ1) is 5.00. The minimum Gasteiger partial charge on any atom is -0.199 e. The van der Waals surface area contributed by atoms with Crippen molar-refractivity contribution < 1.29 is 17.6 Å². The van der Waals surface area contributed by atoms with Crippen LogP contribution in [0, 0.1) is 10.8 Å². The molecule has 0 N–H and O–H groups in total. The van der Waals surface area contributed by atoms with Gasteiger partial charge in [0.05, 0.1) is 0 Å². The number of halogens is 4. The monoisotopic (exact) mass is 184 g/mol. The summed E-state index contributed by atoms with van der Waals surface area (Å²) in [5.41, 5.74) is -3.27. The van der Waals surface area contributed by atoms with Crippen LogP contribution >= 0.6 is 0 Å². The van der Waals surface area contributed by atoms with E-state index < -0.39 is 22.7 Å². The summed E-state index contributed by atoms with van der Waals surface area (Å²) < 4.78 is 51.4. The summed E-state index contributed by atoms with van der Waals surface area (Å²) in [4.78, 5) is 0. The van der Waals surface area contributed by atoms with Crippen molar-refractivity contribution in [3.05, 3.63) is 0 Å². The summed E-state index contributed by atoms with van der Waals surface area (Å²) in [7, 11) is 0. The Kier molecular flexibility index (Phi) is 1.47. The van der Waals surface area contributed by atoms with E-state index in [0.717, 1.165) is 0 Å². The SMILES string of the molecule is CC1(C)C(C)(C)C(F)(F)C1(F)F. The molecule has 0 nitrogen and oxygen atoms in total. The molecule has 0 heterocycles. The lowest BCUT2D eigenvalue weighted by atomic mass is 9.47. The summed E-state index contributed by atoms with van der Waals surface area (Å²) in [5.74, 6) is -7.77. The molecule has 1 saturated carbocycles. The van der Waals surface area contributed by atoms with Crippen LogP contribution < -0.4 is 0 Å². The van der Waals surface area contributed by atoms with Crippen molar-refractivity contribution in [2.45, 2.75) is 39.5 Å². The Morgan fingerprint density at radius 3 is 0.833 bits per heavy atom. The molecule has 0 atom stereocenters. The van der Waals surface area contributed by atoms with Crippen LogP contribution in [0.5, 0.6) is 0 Å². The van der Waals surface area contributed by atoms with E-state index in [1.165, 1.54) is 27.7 Å². The average molecular weight is 184 g/mol. The number of rotatable bonds is 0. The number of hydrogen-bond donors (Lipinski definition) is 0. The Bertz CT molecular complexity index is 151. The third kappa shape index (κ3) is 0.579. The van der Waals surface area contributed by atoms with Crippen LogP contribution in [0.2, 0.25) is 0 Å². The predicted octanol–water partition coefficient (Wildman–Crippen LogP) is 3.32. The smallest absolute Gasteiger partial charge is 0.199 e. The highest BCUT2D eigenvalue weighted by Gasteiger charge is 2.86. The van der Waals surface area contributed by atoms with Gasteiger partial charge in [-0.25, -0.2) is 0 Å². The lowest BCUT2D eigenvalue weighted by Crippen LogP contribution is -2.76. The fraction of sp³-hybridized carbons (Fsp3) is 1.00. The Labute approximate surface area is 69.0 Å². The molecule has 0 aliphatic heterocycles. The van der Waals surface area contributed by atoms with Gasteiger partial charge in [0.1, 0.15) is 0 Å². The van der Waals surface area contributed by atoms with Crippen LogP contribution in [-0.4, -0.2) is 11.8 Å². The Morgan fingerprint density at radius 2 is 0.750 bits per heavy atom. The van der Waals surface area contributed by atoms with Gasteiger partial charge < -0.3 is 0 Å². The normalized spacial score (nSPS) is 34.0. The fourth-order valence-electron chi connectivity index (χ4n) is 1.51. The van der Waals surface area contributed by atoms with Crippen molar-refractivity contribution in [2.75, 3.05) is 0 Å². The molecule has 1 fully saturated rings. The number of alkyl halides is 4. The third-order valence-corrected chi connectivity index (χ3v) is 3.53. The van der Waals surface area contributed by atoms with Gasteiger partial charge >= 0.3 is 11.8 Å². The van der Waals surface area contributed by atoms with E-state index in [-0.39, 0.29) is 0 Å². The molecule has 4 heteroatoms. The minimum absolute atomic E-state index is 1.17. The highest BCUT2D eigenvalue weighted by atomic mass is 19.3. The van der Waals surface area contributed by atoms with Gasteiger partial charge in [0, 0.05) is 10.8 Å². The molecule has 0 amide bonds. The standard InChI is InChI=1S/C8H12F4/c1-5(2)6(3,4)8(11,12)7(5,9)10/h1-4H3. The molecular weight excluding hydrogens is 172 g/mol. The van der Waals surface area contributed by atoms with Crippen LogP contribution in [0.3, 0.4) is 0 Å². The molecule has 0 aromatic rings. The Hall–Kier alpha value is -0.280. The second kappa shape index (κ2) is 1.80. The molecular formula is C8H12F4. The molecule has 12 heavy (non-hydrogen) atoms. The quantitative estimate of drug-likeness (QED) is 0.506. The van der Waals surface area contributed by atoms with E-state index in [0.29, 0.717) is 0 Å². The molecule has 1 aliphatic carbocycles.